The first-order chi connectivity index (χ1) is 16.0. The standard InChI is InChI=1S/C24H19F2N3O4/c25-22(26)21(14-4-2-1-3-5-14)28-23(30)16-10-18-24(31)27-17(13-29(18)12-16)15-6-7-19-20(11-15)33-9-8-32-19/h1-7,10-13,21-22H,8-9H2,(H,27,31)(H,28,30). The average molecular weight is 451 g/mol. The smallest absolute Gasteiger partial charge is 0.272 e. The van der Waals surface area contributed by atoms with E-state index in [0.717, 1.165) is 0 Å². The summed E-state index contributed by atoms with van der Waals surface area (Å²) in [6.07, 6.45) is 0.300. The number of carbonyl (C=O) groups excluding carboxylic acids is 1. The van der Waals surface area contributed by atoms with Crippen molar-refractivity contribution in [3.8, 4) is 22.8 Å². The molecule has 0 fully saturated rings. The number of benzene rings is 2. The second-order valence-electron chi connectivity index (χ2n) is 7.57. The van der Waals surface area contributed by atoms with E-state index in [1.807, 2.05) is 0 Å². The fraction of sp³-hybridized carbons (Fsp3) is 0.167. The number of H-pyrrole nitrogens is 1. The van der Waals surface area contributed by atoms with Crippen LogP contribution in [0.25, 0.3) is 16.8 Å². The van der Waals surface area contributed by atoms with Crippen molar-refractivity contribution < 1.29 is 23.0 Å². The Balaban J connectivity index is 1.45. The van der Waals surface area contributed by atoms with Gasteiger partial charge in [0.05, 0.1) is 11.3 Å². The number of halogens is 2. The predicted octanol–water partition coefficient (Wildman–Crippen LogP) is 3.80. The molecule has 0 bridgehead atoms. The number of hydrogen-bond donors (Lipinski definition) is 2. The Hall–Kier alpha value is -4.14. The number of nitrogens with zero attached hydrogens (tertiary/aromatic N) is 1. The number of aromatic amines is 1. The molecule has 168 valence electrons. The molecule has 0 saturated carbocycles. The highest BCUT2D eigenvalue weighted by molar-refractivity contribution is 5.96. The first-order valence-corrected chi connectivity index (χ1v) is 10.3. The number of ether oxygens (including phenoxy) is 2. The highest BCUT2D eigenvalue weighted by Gasteiger charge is 2.25. The van der Waals surface area contributed by atoms with Gasteiger partial charge in [-0.15, -0.1) is 0 Å². The van der Waals surface area contributed by atoms with E-state index in [9.17, 15) is 18.4 Å². The van der Waals surface area contributed by atoms with Crippen molar-refractivity contribution in [3.63, 3.8) is 0 Å². The van der Waals surface area contributed by atoms with Crippen molar-refractivity contribution in [2.45, 2.75) is 12.5 Å². The van der Waals surface area contributed by atoms with Gasteiger partial charge in [0.15, 0.2) is 11.5 Å². The summed E-state index contributed by atoms with van der Waals surface area (Å²) in [4.78, 5) is 28.2. The quantitative estimate of drug-likeness (QED) is 0.484. The summed E-state index contributed by atoms with van der Waals surface area (Å²) in [7, 11) is 0. The molecule has 1 amide bonds. The van der Waals surface area contributed by atoms with Gasteiger partial charge in [-0.1, -0.05) is 30.3 Å². The number of nitrogens with one attached hydrogen (secondary N) is 2. The van der Waals surface area contributed by atoms with Gasteiger partial charge >= 0.3 is 0 Å². The third kappa shape index (κ3) is 4.05. The number of aromatic nitrogens is 2. The van der Waals surface area contributed by atoms with Gasteiger partial charge in [-0.25, -0.2) is 8.78 Å². The molecule has 1 aliphatic heterocycles. The monoisotopic (exact) mass is 451 g/mol. The largest absolute Gasteiger partial charge is 0.486 e. The first kappa shape index (κ1) is 20.7. The summed E-state index contributed by atoms with van der Waals surface area (Å²) in [5.41, 5.74) is 1.39. The summed E-state index contributed by atoms with van der Waals surface area (Å²) in [6, 6.07) is 13.2. The van der Waals surface area contributed by atoms with Crippen LogP contribution in [-0.4, -0.2) is 34.9 Å². The topological polar surface area (TPSA) is 84.8 Å². The van der Waals surface area contributed by atoms with E-state index < -0.39 is 23.9 Å². The van der Waals surface area contributed by atoms with E-state index in [2.05, 4.69) is 10.3 Å². The minimum atomic E-state index is -2.79. The molecule has 2 N–H and O–H groups in total. The normalized spacial score (nSPS) is 13.8. The van der Waals surface area contributed by atoms with Gasteiger partial charge in [-0.2, -0.15) is 0 Å². The Morgan fingerprint density at radius 2 is 1.76 bits per heavy atom. The summed E-state index contributed by atoms with van der Waals surface area (Å²) < 4.78 is 39.8. The fourth-order valence-electron chi connectivity index (χ4n) is 3.78. The molecule has 0 saturated heterocycles. The van der Waals surface area contributed by atoms with E-state index in [0.29, 0.717) is 41.5 Å². The molecule has 0 radical (unpaired) electrons. The van der Waals surface area contributed by atoms with Gasteiger partial charge in [-0.05, 0) is 29.8 Å². The summed E-state index contributed by atoms with van der Waals surface area (Å²) in [6.45, 7) is 0.907. The molecule has 2 aromatic heterocycles. The molecule has 9 heteroatoms. The molecule has 33 heavy (non-hydrogen) atoms. The molecule has 7 nitrogen and oxygen atoms in total. The Morgan fingerprint density at radius 1 is 1.00 bits per heavy atom. The molecule has 0 aliphatic carbocycles. The van der Waals surface area contributed by atoms with Gasteiger partial charge in [-0.3, -0.25) is 9.59 Å². The Morgan fingerprint density at radius 3 is 2.52 bits per heavy atom. The Kier molecular flexibility index (Phi) is 5.29. The average Bonchev–Trinajstić information content (AvgIpc) is 3.27. The van der Waals surface area contributed by atoms with Crippen molar-refractivity contribution in [2.75, 3.05) is 13.2 Å². The van der Waals surface area contributed by atoms with Crippen LogP contribution in [0, 0.1) is 0 Å². The number of fused-ring (bicyclic) bond motifs is 2. The second kappa shape index (κ2) is 8.42. The third-order valence-corrected chi connectivity index (χ3v) is 5.41. The van der Waals surface area contributed by atoms with Gasteiger partial charge in [0, 0.05) is 18.0 Å². The van der Waals surface area contributed by atoms with Gasteiger partial charge in [0.2, 0.25) is 0 Å². The van der Waals surface area contributed by atoms with Crippen LogP contribution in [0.4, 0.5) is 8.78 Å². The van der Waals surface area contributed by atoms with Crippen molar-refractivity contribution in [3.05, 3.63) is 88.5 Å². The number of alkyl halides is 2. The SMILES string of the molecule is O=C(NC(c1ccccc1)C(F)F)c1cc2c(=O)[nH]c(-c3ccc4c(c3)OCCO4)cn2c1. The number of amides is 1. The first-order valence-electron chi connectivity index (χ1n) is 10.3. The fourth-order valence-corrected chi connectivity index (χ4v) is 3.78. The van der Waals surface area contributed by atoms with Crippen LogP contribution >= 0.6 is 0 Å². The molecule has 1 aliphatic rings. The van der Waals surface area contributed by atoms with E-state index >= 15 is 0 Å². The van der Waals surface area contributed by atoms with Crippen LogP contribution in [0.2, 0.25) is 0 Å². The van der Waals surface area contributed by atoms with Crippen molar-refractivity contribution in [1.29, 1.82) is 0 Å². The zero-order valence-electron chi connectivity index (χ0n) is 17.3. The summed E-state index contributed by atoms with van der Waals surface area (Å²) in [5.74, 6) is 0.500. The highest BCUT2D eigenvalue weighted by Crippen LogP contribution is 2.33. The molecule has 0 spiro atoms. The second-order valence-corrected chi connectivity index (χ2v) is 7.57. The molecule has 2 aromatic carbocycles. The molecule has 5 rings (SSSR count). The number of carbonyl (C=O) groups is 1. The van der Waals surface area contributed by atoms with Crippen LogP contribution in [0.5, 0.6) is 11.5 Å². The summed E-state index contributed by atoms with van der Waals surface area (Å²) >= 11 is 0. The van der Waals surface area contributed by atoms with Crippen molar-refractivity contribution >= 4 is 11.4 Å². The number of rotatable bonds is 5. The lowest BCUT2D eigenvalue weighted by Crippen LogP contribution is -2.32. The minimum Gasteiger partial charge on any atom is -0.486 e. The zero-order chi connectivity index (χ0) is 22.9. The van der Waals surface area contributed by atoms with E-state index in [1.165, 1.54) is 28.8 Å². The van der Waals surface area contributed by atoms with Crippen molar-refractivity contribution in [2.24, 2.45) is 0 Å². The Bertz CT molecular complexity index is 1380. The maximum absolute atomic E-state index is 13.6. The van der Waals surface area contributed by atoms with Crippen LogP contribution in [0.15, 0.2) is 71.8 Å². The van der Waals surface area contributed by atoms with Crippen LogP contribution in [-0.2, 0) is 0 Å². The molecular formula is C24H19F2N3O4. The molecule has 4 aromatic rings. The lowest BCUT2D eigenvalue weighted by atomic mass is 10.1. The predicted molar refractivity (Wildman–Crippen MR) is 117 cm³/mol. The van der Waals surface area contributed by atoms with E-state index in [1.54, 1.807) is 42.6 Å². The van der Waals surface area contributed by atoms with Gasteiger partial charge in [0.1, 0.15) is 24.8 Å². The number of hydrogen-bond acceptors (Lipinski definition) is 4. The van der Waals surface area contributed by atoms with Gasteiger partial charge < -0.3 is 24.2 Å². The summed E-state index contributed by atoms with van der Waals surface area (Å²) in [5, 5.41) is 2.36. The van der Waals surface area contributed by atoms with Crippen LogP contribution < -0.4 is 20.3 Å². The maximum atomic E-state index is 13.6. The molecule has 1 atom stereocenters. The maximum Gasteiger partial charge on any atom is 0.272 e. The highest BCUT2D eigenvalue weighted by atomic mass is 19.3. The minimum absolute atomic E-state index is 0.0985. The molecule has 1 unspecified atom stereocenters. The Labute approximate surface area is 186 Å². The zero-order valence-corrected chi connectivity index (χ0v) is 17.3. The lowest BCUT2D eigenvalue weighted by molar-refractivity contribution is 0.0744. The molecule has 3 heterocycles. The van der Waals surface area contributed by atoms with Crippen molar-refractivity contribution in [1.82, 2.24) is 14.7 Å². The van der Waals surface area contributed by atoms with Crippen LogP contribution in [0.1, 0.15) is 22.0 Å². The van der Waals surface area contributed by atoms with E-state index in [4.69, 9.17) is 9.47 Å². The van der Waals surface area contributed by atoms with Crippen LogP contribution in [0.3, 0.4) is 0 Å². The molecular weight excluding hydrogens is 432 g/mol. The van der Waals surface area contributed by atoms with Gasteiger partial charge in [0.25, 0.3) is 17.9 Å². The third-order valence-electron chi connectivity index (χ3n) is 5.41. The van der Waals surface area contributed by atoms with E-state index in [-0.39, 0.29) is 11.1 Å². The lowest BCUT2D eigenvalue weighted by Gasteiger charge is -2.18.